The van der Waals surface area contributed by atoms with Crippen molar-refractivity contribution in [3.8, 4) is 0 Å². The summed E-state index contributed by atoms with van der Waals surface area (Å²) >= 11 is -2.41. The zero-order valence-corrected chi connectivity index (χ0v) is 17.7. The maximum Gasteiger partial charge on any atom is 0.136 e. The van der Waals surface area contributed by atoms with Gasteiger partial charge < -0.3 is 4.55 Å². The summed E-state index contributed by atoms with van der Waals surface area (Å²) in [7, 11) is 0. The van der Waals surface area contributed by atoms with E-state index in [-0.39, 0.29) is 18.3 Å². The van der Waals surface area contributed by atoms with Crippen molar-refractivity contribution in [2.75, 3.05) is 0 Å². The predicted molar refractivity (Wildman–Crippen MR) is 116 cm³/mol. The molecule has 2 unspecified atom stereocenters. The van der Waals surface area contributed by atoms with Crippen LogP contribution in [0.5, 0.6) is 0 Å². The van der Waals surface area contributed by atoms with Gasteiger partial charge in [-0.15, -0.1) is 0 Å². The molecule has 0 aliphatic heterocycles. The third-order valence-corrected chi connectivity index (χ3v) is 5.41. The van der Waals surface area contributed by atoms with Gasteiger partial charge in [-0.25, -0.2) is 19.1 Å². The quantitative estimate of drug-likeness (QED) is 0.415. The Bertz CT molecular complexity index is 1140. The molecule has 9 heteroatoms. The van der Waals surface area contributed by atoms with Gasteiger partial charge in [0.2, 0.25) is 0 Å². The SMILES string of the molecule is O=S([O-])NCc1ccnc(C(c2ccc(F)cc2)C(c2cccnc2)c2cccnc2)n1. The van der Waals surface area contributed by atoms with Crippen LogP contribution in [0.3, 0.4) is 0 Å². The Morgan fingerprint density at radius 2 is 1.53 bits per heavy atom. The fourth-order valence-corrected chi connectivity index (χ4v) is 3.92. The van der Waals surface area contributed by atoms with Gasteiger partial charge in [-0.05, 0) is 47.0 Å². The highest BCUT2D eigenvalue weighted by Crippen LogP contribution is 2.41. The summed E-state index contributed by atoms with van der Waals surface area (Å²) < 4.78 is 37.9. The fraction of sp³-hybridized carbons (Fsp3) is 0.130. The van der Waals surface area contributed by atoms with Crippen LogP contribution in [-0.2, 0) is 17.8 Å². The second-order valence-corrected chi connectivity index (χ2v) is 7.80. The van der Waals surface area contributed by atoms with Crippen LogP contribution < -0.4 is 4.72 Å². The first-order valence-electron chi connectivity index (χ1n) is 9.81. The van der Waals surface area contributed by atoms with E-state index in [0.29, 0.717) is 11.5 Å². The minimum atomic E-state index is -2.41. The number of hydrogen-bond acceptors (Lipinski definition) is 6. The largest absolute Gasteiger partial charge is 0.760 e. The normalized spacial score (nSPS) is 13.1. The van der Waals surface area contributed by atoms with Crippen LogP contribution >= 0.6 is 0 Å². The Kier molecular flexibility index (Phi) is 7.00. The van der Waals surface area contributed by atoms with Crippen LogP contribution in [0.25, 0.3) is 0 Å². The van der Waals surface area contributed by atoms with Crippen molar-refractivity contribution in [3.05, 3.63) is 120 Å². The number of halogens is 1. The van der Waals surface area contributed by atoms with Gasteiger partial charge in [-0.3, -0.25) is 14.2 Å². The van der Waals surface area contributed by atoms with Crippen molar-refractivity contribution >= 4 is 11.3 Å². The van der Waals surface area contributed by atoms with Crippen molar-refractivity contribution in [1.82, 2.24) is 24.7 Å². The Morgan fingerprint density at radius 1 is 0.875 bits per heavy atom. The van der Waals surface area contributed by atoms with Gasteiger partial charge in [0.15, 0.2) is 0 Å². The van der Waals surface area contributed by atoms with Gasteiger partial charge in [0.05, 0.1) is 11.6 Å². The predicted octanol–water partition coefficient (Wildman–Crippen LogP) is 3.25. The van der Waals surface area contributed by atoms with E-state index in [0.717, 1.165) is 16.7 Å². The lowest BCUT2D eigenvalue weighted by Gasteiger charge is -2.27. The highest BCUT2D eigenvalue weighted by atomic mass is 32.2. The van der Waals surface area contributed by atoms with Crippen LogP contribution in [0.15, 0.2) is 85.6 Å². The summed E-state index contributed by atoms with van der Waals surface area (Å²) in [5, 5.41) is 0. The van der Waals surface area contributed by atoms with E-state index >= 15 is 0 Å². The molecule has 0 aliphatic rings. The van der Waals surface area contributed by atoms with Crippen molar-refractivity contribution in [3.63, 3.8) is 0 Å². The molecule has 1 N–H and O–H groups in total. The molecular weight excluding hydrogens is 429 g/mol. The maximum absolute atomic E-state index is 13.7. The molecule has 0 fully saturated rings. The summed E-state index contributed by atoms with van der Waals surface area (Å²) in [4.78, 5) is 17.7. The average Bonchev–Trinajstić information content (AvgIpc) is 2.83. The zero-order chi connectivity index (χ0) is 22.3. The van der Waals surface area contributed by atoms with Crippen molar-refractivity contribution in [1.29, 1.82) is 0 Å². The van der Waals surface area contributed by atoms with E-state index in [9.17, 15) is 13.2 Å². The van der Waals surface area contributed by atoms with E-state index in [4.69, 9.17) is 0 Å². The van der Waals surface area contributed by atoms with Crippen LogP contribution in [0.2, 0.25) is 0 Å². The van der Waals surface area contributed by atoms with Gasteiger partial charge >= 0.3 is 0 Å². The molecular formula is C23H19FN5O2S-. The molecule has 4 aromatic rings. The molecule has 3 heterocycles. The van der Waals surface area contributed by atoms with Gasteiger partial charge in [0.25, 0.3) is 0 Å². The topological polar surface area (TPSA) is 104 Å². The van der Waals surface area contributed by atoms with Crippen LogP contribution in [0, 0.1) is 5.82 Å². The molecule has 0 radical (unpaired) electrons. The molecule has 4 rings (SSSR count). The number of pyridine rings is 2. The summed E-state index contributed by atoms with van der Waals surface area (Å²) in [5.41, 5.74) is 3.16. The molecule has 3 aromatic heterocycles. The van der Waals surface area contributed by atoms with E-state index in [1.165, 1.54) is 12.1 Å². The van der Waals surface area contributed by atoms with Crippen LogP contribution in [0.4, 0.5) is 4.39 Å². The zero-order valence-electron chi connectivity index (χ0n) is 16.8. The third-order valence-electron chi connectivity index (χ3n) is 5.03. The number of nitrogens with zero attached hydrogens (tertiary/aromatic N) is 4. The molecule has 0 spiro atoms. The Hall–Kier alpha value is -3.40. The Morgan fingerprint density at radius 3 is 2.09 bits per heavy atom. The van der Waals surface area contributed by atoms with Crippen LogP contribution in [-0.4, -0.2) is 28.7 Å². The van der Waals surface area contributed by atoms with Crippen molar-refractivity contribution in [2.45, 2.75) is 18.4 Å². The van der Waals surface area contributed by atoms with E-state index in [1.807, 2.05) is 24.3 Å². The molecule has 7 nitrogen and oxygen atoms in total. The average molecular weight is 449 g/mol. The van der Waals surface area contributed by atoms with Gasteiger partial charge in [0.1, 0.15) is 11.6 Å². The number of nitrogens with one attached hydrogen (secondary N) is 1. The van der Waals surface area contributed by atoms with Gasteiger partial charge in [0, 0.05) is 54.7 Å². The Balaban J connectivity index is 1.87. The molecule has 32 heavy (non-hydrogen) atoms. The lowest BCUT2D eigenvalue weighted by atomic mass is 9.77. The van der Waals surface area contributed by atoms with Crippen LogP contribution in [0.1, 0.15) is 40.0 Å². The monoisotopic (exact) mass is 448 g/mol. The smallest absolute Gasteiger partial charge is 0.136 e. The summed E-state index contributed by atoms with van der Waals surface area (Å²) in [6, 6.07) is 15.5. The summed E-state index contributed by atoms with van der Waals surface area (Å²) in [6.45, 7) is 0.0339. The highest BCUT2D eigenvalue weighted by Gasteiger charge is 2.31. The van der Waals surface area contributed by atoms with E-state index in [1.54, 1.807) is 49.2 Å². The summed E-state index contributed by atoms with van der Waals surface area (Å²) in [6.07, 6.45) is 8.54. The fourth-order valence-electron chi connectivity index (χ4n) is 3.65. The minimum Gasteiger partial charge on any atom is -0.760 e. The molecule has 1 aromatic carbocycles. The van der Waals surface area contributed by atoms with Crippen molar-refractivity contribution < 1.29 is 13.2 Å². The van der Waals surface area contributed by atoms with E-state index in [2.05, 4.69) is 24.7 Å². The van der Waals surface area contributed by atoms with Crippen molar-refractivity contribution in [2.24, 2.45) is 0 Å². The first-order chi connectivity index (χ1) is 15.6. The second kappa shape index (κ2) is 10.3. The number of benzene rings is 1. The lowest BCUT2D eigenvalue weighted by molar-refractivity contribution is 0.521. The lowest BCUT2D eigenvalue weighted by Crippen LogP contribution is -2.20. The molecule has 2 atom stereocenters. The number of aromatic nitrogens is 4. The number of hydrogen-bond donors (Lipinski definition) is 1. The molecule has 0 saturated heterocycles. The molecule has 0 aliphatic carbocycles. The molecule has 162 valence electrons. The summed E-state index contributed by atoms with van der Waals surface area (Å²) in [5.74, 6) is -0.532. The Labute approximate surface area is 187 Å². The first kappa shape index (κ1) is 21.8. The second-order valence-electron chi connectivity index (χ2n) is 7.04. The first-order valence-corrected chi connectivity index (χ1v) is 10.9. The highest BCUT2D eigenvalue weighted by molar-refractivity contribution is 7.77. The molecule has 0 saturated carbocycles. The molecule has 0 bridgehead atoms. The minimum absolute atomic E-state index is 0.0339. The maximum atomic E-state index is 13.7. The standard InChI is InChI=1S/C23H20FN5O2S/c24-19-7-5-16(6-8-19)22(23-27-12-9-20(29-23)15-28-32(30)31)21(17-3-1-10-25-13-17)18-4-2-11-26-14-18/h1-14,21-22,28H,15H2,(H,30,31)/p-1. The van der Waals surface area contributed by atoms with Gasteiger partial charge in [-0.1, -0.05) is 24.3 Å². The third kappa shape index (κ3) is 5.25. The van der Waals surface area contributed by atoms with Gasteiger partial charge in [-0.2, -0.15) is 0 Å². The molecule has 0 amide bonds. The van der Waals surface area contributed by atoms with E-state index < -0.39 is 17.2 Å². The number of rotatable bonds is 8.